The molecule has 2 heterocycles. The minimum absolute atomic E-state index is 0.0358. The normalized spacial score (nSPS) is 23.7. The summed E-state index contributed by atoms with van der Waals surface area (Å²) in [6.45, 7) is 4.50. The quantitative estimate of drug-likeness (QED) is 0.848. The maximum Gasteiger partial charge on any atom is 0.310 e. The van der Waals surface area contributed by atoms with E-state index in [2.05, 4.69) is 16.8 Å². The van der Waals surface area contributed by atoms with E-state index in [0.717, 1.165) is 18.0 Å². The van der Waals surface area contributed by atoms with Crippen LogP contribution in [0.1, 0.15) is 18.4 Å². The fourth-order valence-corrected chi connectivity index (χ4v) is 2.93. The van der Waals surface area contributed by atoms with Crippen molar-refractivity contribution in [1.29, 1.82) is 0 Å². The zero-order valence-electron chi connectivity index (χ0n) is 10.4. The van der Waals surface area contributed by atoms with Gasteiger partial charge < -0.3 is 9.84 Å². The largest absolute Gasteiger partial charge is 0.481 e. The van der Waals surface area contributed by atoms with Gasteiger partial charge in [0.1, 0.15) is 5.01 Å². The molecule has 0 aliphatic carbocycles. The lowest BCUT2D eigenvalue weighted by Gasteiger charge is -2.29. The molecule has 1 aliphatic heterocycles. The molecule has 6 heteroatoms. The van der Waals surface area contributed by atoms with Gasteiger partial charge in [0.05, 0.1) is 25.7 Å². The highest BCUT2D eigenvalue weighted by Gasteiger charge is 2.37. The first-order valence-electron chi connectivity index (χ1n) is 6.15. The summed E-state index contributed by atoms with van der Waals surface area (Å²) in [7, 11) is 0. The number of ether oxygens (including phenoxy) is 1. The van der Waals surface area contributed by atoms with Gasteiger partial charge in [0.15, 0.2) is 0 Å². The standard InChI is InChI=1S/C12H18N2O3S/c1-2-4-14(6-11-13-3-5-18-11)10-8-17-7-9(10)12(15)16/h3,5,9-10H,2,4,6-8H2,1H3,(H,15,16). The predicted octanol–water partition coefficient (Wildman–Crippen LogP) is 1.45. The van der Waals surface area contributed by atoms with Crippen molar-refractivity contribution in [2.45, 2.75) is 25.9 Å². The number of carboxylic acids is 1. The number of aliphatic carboxylic acids is 1. The van der Waals surface area contributed by atoms with Crippen molar-refractivity contribution in [3.63, 3.8) is 0 Å². The first-order valence-corrected chi connectivity index (χ1v) is 7.03. The van der Waals surface area contributed by atoms with Gasteiger partial charge in [-0.3, -0.25) is 9.69 Å². The van der Waals surface area contributed by atoms with Crippen LogP contribution in [0.25, 0.3) is 0 Å². The molecule has 0 spiro atoms. The Labute approximate surface area is 110 Å². The Hall–Kier alpha value is -0.980. The van der Waals surface area contributed by atoms with Crippen molar-refractivity contribution in [2.75, 3.05) is 19.8 Å². The van der Waals surface area contributed by atoms with E-state index in [9.17, 15) is 9.90 Å². The van der Waals surface area contributed by atoms with Gasteiger partial charge in [0.2, 0.25) is 0 Å². The van der Waals surface area contributed by atoms with E-state index in [1.54, 1.807) is 17.5 Å². The molecule has 2 atom stereocenters. The lowest BCUT2D eigenvalue weighted by Crippen LogP contribution is -2.43. The van der Waals surface area contributed by atoms with Crippen LogP contribution in [-0.4, -0.2) is 46.8 Å². The molecule has 1 fully saturated rings. The van der Waals surface area contributed by atoms with Crippen molar-refractivity contribution in [3.05, 3.63) is 16.6 Å². The van der Waals surface area contributed by atoms with Crippen LogP contribution in [-0.2, 0) is 16.1 Å². The van der Waals surface area contributed by atoms with E-state index < -0.39 is 11.9 Å². The van der Waals surface area contributed by atoms with Gasteiger partial charge in [0, 0.05) is 17.6 Å². The highest BCUT2D eigenvalue weighted by atomic mass is 32.1. The summed E-state index contributed by atoms with van der Waals surface area (Å²) in [6.07, 6.45) is 2.78. The number of hydrogen-bond acceptors (Lipinski definition) is 5. The molecule has 1 aliphatic rings. The van der Waals surface area contributed by atoms with Gasteiger partial charge in [-0.1, -0.05) is 6.92 Å². The van der Waals surface area contributed by atoms with Gasteiger partial charge in [-0.25, -0.2) is 4.98 Å². The molecular weight excluding hydrogens is 252 g/mol. The molecule has 1 aromatic heterocycles. The van der Waals surface area contributed by atoms with Gasteiger partial charge >= 0.3 is 5.97 Å². The smallest absolute Gasteiger partial charge is 0.310 e. The second-order valence-electron chi connectivity index (χ2n) is 4.45. The summed E-state index contributed by atoms with van der Waals surface area (Å²) in [4.78, 5) is 17.7. The minimum Gasteiger partial charge on any atom is -0.481 e. The maximum absolute atomic E-state index is 11.2. The Morgan fingerprint density at radius 2 is 2.50 bits per heavy atom. The molecule has 0 amide bonds. The van der Waals surface area contributed by atoms with Gasteiger partial charge in [-0.05, 0) is 13.0 Å². The molecule has 1 N–H and O–H groups in total. The SMILES string of the molecule is CCCN(Cc1nccs1)C1COCC1C(=O)O. The number of rotatable bonds is 6. The molecule has 1 saturated heterocycles. The topological polar surface area (TPSA) is 62.7 Å². The Morgan fingerprint density at radius 1 is 1.67 bits per heavy atom. The van der Waals surface area contributed by atoms with Crippen molar-refractivity contribution in [2.24, 2.45) is 5.92 Å². The second kappa shape index (κ2) is 6.26. The minimum atomic E-state index is -0.766. The first kappa shape index (κ1) is 13.5. The van der Waals surface area contributed by atoms with Crippen molar-refractivity contribution < 1.29 is 14.6 Å². The highest BCUT2D eigenvalue weighted by molar-refractivity contribution is 7.09. The van der Waals surface area contributed by atoms with Crippen molar-refractivity contribution in [1.82, 2.24) is 9.88 Å². The van der Waals surface area contributed by atoms with Crippen LogP contribution in [0.15, 0.2) is 11.6 Å². The average Bonchev–Trinajstić information content (AvgIpc) is 2.99. The Kier molecular flexibility index (Phi) is 4.68. The number of carboxylic acid groups (broad SMARTS) is 1. The van der Waals surface area contributed by atoms with Gasteiger partial charge in [0.25, 0.3) is 0 Å². The van der Waals surface area contributed by atoms with E-state index in [1.165, 1.54) is 0 Å². The van der Waals surface area contributed by atoms with Gasteiger partial charge in [-0.2, -0.15) is 0 Å². The molecule has 0 aromatic carbocycles. The summed E-state index contributed by atoms with van der Waals surface area (Å²) in [5, 5.41) is 12.2. The van der Waals surface area contributed by atoms with E-state index in [-0.39, 0.29) is 6.04 Å². The van der Waals surface area contributed by atoms with E-state index in [1.807, 2.05) is 5.38 Å². The summed E-state index contributed by atoms with van der Waals surface area (Å²) < 4.78 is 5.34. The van der Waals surface area contributed by atoms with Crippen molar-refractivity contribution >= 4 is 17.3 Å². The molecule has 18 heavy (non-hydrogen) atoms. The predicted molar refractivity (Wildman–Crippen MR) is 68.5 cm³/mol. The van der Waals surface area contributed by atoms with Crippen LogP contribution in [0.5, 0.6) is 0 Å². The molecule has 2 rings (SSSR count). The molecule has 2 unspecified atom stereocenters. The second-order valence-corrected chi connectivity index (χ2v) is 5.42. The van der Waals surface area contributed by atoms with Crippen molar-refractivity contribution in [3.8, 4) is 0 Å². The fourth-order valence-electron chi connectivity index (χ4n) is 2.29. The highest BCUT2D eigenvalue weighted by Crippen LogP contribution is 2.22. The van der Waals surface area contributed by atoms with Crippen LogP contribution in [0.3, 0.4) is 0 Å². The Balaban J connectivity index is 2.06. The van der Waals surface area contributed by atoms with Crippen LogP contribution in [0.2, 0.25) is 0 Å². The number of thiazole rings is 1. The molecule has 0 bridgehead atoms. The summed E-state index contributed by atoms with van der Waals surface area (Å²) >= 11 is 1.60. The van der Waals surface area contributed by atoms with E-state index in [4.69, 9.17) is 4.74 Å². The summed E-state index contributed by atoms with van der Waals surface area (Å²) in [5.74, 6) is -1.19. The number of carbonyl (C=O) groups is 1. The van der Waals surface area contributed by atoms with Crippen LogP contribution >= 0.6 is 11.3 Å². The average molecular weight is 270 g/mol. The molecule has 5 nitrogen and oxygen atoms in total. The number of aromatic nitrogens is 1. The lowest BCUT2D eigenvalue weighted by molar-refractivity contribution is -0.143. The molecule has 0 saturated carbocycles. The van der Waals surface area contributed by atoms with Crippen LogP contribution < -0.4 is 0 Å². The maximum atomic E-state index is 11.2. The fraction of sp³-hybridized carbons (Fsp3) is 0.667. The lowest BCUT2D eigenvalue weighted by atomic mass is 10.0. The van der Waals surface area contributed by atoms with E-state index in [0.29, 0.717) is 19.8 Å². The first-order chi connectivity index (χ1) is 8.72. The zero-order valence-corrected chi connectivity index (χ0v) is 11.2. The third-order valence-corrected chi connectivity index (χ3v) is 3.93. The van der Waals surface area contributed by atoms with Crippen LogP contribution in [0, 0.1) is 5.92 Å². The summed E-state index contributed by atoms with van der Waals surface area (Å²) in [5.41, 5.74) is 0. The molecular formula is C12H18N2O3S. The third-order valence-electron chi connectivity index (χ3n) is 3.17. The molecule has 100 valence electrons. The Morgan fingerprint density at radius 3 is 3.11 bits per heavy atom. The number of hydrogen-bond donors (Lipinski definition) is 1. The van der Waals surface area contributed by atoms with Crippen LogP contribution in [0.4, 0.5) is 0 Å². The Bertz CT molecular complexity index is 383. The van der Waals surface area contributed by atoms with E-state index >= 15 is 0 Å². The number of nitrogens with zero attached hydrogens (tertiary/aromatic N) is 2. The molecule has 1 aromatic rings. The third kappa shape index (κ3) is 3.07. The zero-order chi connectivity index (χ0) is 13.0. The molecule has 0 radical (unpaired) electrons. The summed E-state index contributed by atoms with van der Waals surface area (Å²) in [6, 6.07) is -0.0358. The monoisotopic (exact) mass is 270 g/mol. The van der Waals surface area contributed by atoms with Gasteiger partial charge in [-0.15, -0.1) is 11.3 Å².